The maximum Gasteiger partial charge on any atom is 0.205 e. The lowest BCUT2D eigenvalue weighted by Gasteiger charge is -2.20. The first kappa shape index (κ1) is 11.0. The summed E-state index contributed by atoms with van der Waals surface area (Å²) >= 11 is 1.50. The summed E-state index contributed by atoms with van der Waals surface area (Å²) in [5.74, 6) is 1.90. The van der Waals surface area contributed by atoms with Gasteiger partial charge in [-0.3, -0.25) is 5.41 Å². The van der Waals surface area contributed by atoms with Crippen molar-refractivity contribution < 1.29 is 0 Å². The maximum absolute atomic E-state index is 7.31. The van der Waals surface area contributed by atoms with Crippen LogP contribution in [0.25, 0.3) is 0 Å². The number of amidine groups is 1. The van der Waals surface area contributed by atoms with Gasteiger partial charge in [0, 0.05) is 36.5 Å². The number of hydrogen-bond donors (Lipinski definition) is 2. The molecule has 0 bridgehead atoms. The lowest BCUT2D eigenvalue weighted by atomic mass is 10.3. The average Bonchev–Trinajstić information content (AvgIpc) is 3.18. The van der Waals surface area contributed by atoms with E-state index in [0.717, 1.165) is 17.5 Å². The van der Waals surface area contributed by atoms with Crippen molar-refractivity contribution in [3.63, 3.8) is 0 Å². The largest absolute Gasteiger partial charge is 0.388 e. The van der Waals surface area contributed by atoms with Gasteiger partial charge in [0.15, 0.2) is 0 Å². The lowest BCUT2D eigenvalue weighted by molar-refractivity contribution is 0.787. The summed E-state index contributed by atoms with van der Waals surface area (Å²) in [5, 5.41) is 8.34. The van der Waals surface area contributed by atoms with Gasteiger partial charge in [0.1, 0.15) is 5.82 Å². The Morgan fingerprint density at radius 3 is 2.76 bits per heavy atom. The van der Waals surface area contributed by atoms with Gasteiger partial charge >= 0.3 is 0 Å². The van der Waals surface area contributed by atoms with Crippen LogP contribution in [0, 0.1) is 5.41 Å². The summed E-state index contributed by atoms with van der Waals surface area (Å²) in [7, 11) is 0. The van der Waals surface area contributed by atoms with E-state index in [-0.39, 0.29) is 5.84 Å². The molecule has 17 heavy (non-hydrogen) atoms. The summed E-state index contributed by atoms with van der Waals surface area (Å²) in [5.41, 5.74) is 5.43. The Morgan fingerprint density at radius 1 is 1.41 bits per heavy atom. The van der Waals surface area contributed by atoms with Crippen LogP contribution < -0.4 is 10.6 Å². The zero-order chi connectivity index (χ0) is 11.8. The standard InChI is InChI=1S/C11H17N5S/c12-9(13)5-6-16(8-3-4-8)11-14-10(15-17-11)7-1-2-7/h7-8H,1-6H2,(H3,12,13). The highest BCUT2D eigenvalue weighted by atomic mass is 32.1. The Kier molecular flexibility index (Phi) is 2.74. The van der Waals surface area contributed by atoms with Crippen molar-refractivity contribution in [1.29, 1.82) is 5.41 Å². The van der Waals surface area contributed by atoms with E-state index in [9.17, 15) is 0 Å². The molecular weight excluding hydrogens is 234 g/mol. The molecule has 0 radical (unpaired) electrons. The Morgan fingerprint density at radius 2 is 2.18 bits per heavy atom. The van der Waals surface area contributed by atoms with Crippen LogP contribution in [-0.2, 0) is 0 Å². The lowest BCUT2D eigenvalue weighted by Crippen LogP contribution is -2.29. The van der Waals surface area contributed by atoms with Crippen LogP contribution in [0.2, 0.25) is 0 Å². The third kappa shape index (κ3) is 2.57. The van der Waals surface area contributed by atoms with E-state index in [4.69, 9.17) is 11.1 Å². The highest BCUT2D eigenvalue weighted by Gasteiger charge is 2.33. The predicted octanol–water partition coefficient (Wildman–Crippen LogP) is 1.71. The monoisotopic (exact) mass is 251 g/mol. The molecule has 0 unspecified atom stereocenters. The summed E-state index contributed by atoms with van der Waals surface area (Å²) in [6.07, 6.45) is 5.57. The van der Waals surface area contributed by atoms with Crippen LogP contribution in [-0.4, -0.2) is 27.8 Å². The van der Waals surface area contributed by atoms with Crippen molar-refractivity contribution in [2.45, 2.75) is 44.1 Å². The van der Waals surface area contributed by atoms with E-state index in [1.165, 1.54) is 37.2 Å². The molecule has 1 aromatic rings. The van der Waals surface area contributed by atoms with Crippen molar-refractivity contribution in [2.75, 3.05) is 11.4 Å². The van der Waals surface area contributed by atoms with Gasteiger partial charge in [-0.1, -0.05) is 0 Å². The minimum Gasteiger partial charge on any atom is -0.388 e. The van der Waals surface area contributed by atoms with Crippen LogP contribution in [0.15, 0.2) is 0 Å². The molecule has 0 aromatic carbocycles. The molecule has 2 fully saturated rings. The Bertz CT molecular complexity index is 421. The van der Waals surface area contributed by atoms with Gasteiger partial charge in [0.25, 0.3) is 0 Å². The van der Waals surface area contributed by atoms with E-state index >= 15 is 0 Å². The second-order valence-corrected chi connectivity index (χ2v) is 5.64. The Balaban J connectivity index is 1.69. The molecule has 1 aromatic heterocycles. The normalized spacial score (nSPS) is 19.3. The van der Waals surface area contributed by atoms with E-state index in [1.807, 2.05) is 0 Å². The molecule has 0 amide bonds. The SMILES string of the molecule is N=C(N)CCN(c1nc(C2CC2)ns1)C1CC1. The summed E-state index contributed by atoms with van der Waals surface area (Å²) in [6.45, 7) is 0.805. The van der Waals surface area contributed by atoms with E-state index in [2.05, 4.69) is 14.3 Å². The number of rotatable bonds is 6. The zero-order valence-electron chi connectivity index (χ0n) is 9.72. The van der Waals surface area contributed by atoms with Crippen LogP contribution in [0.1, 0.15) is 43.8 Å². The summed E-state index contributed by atoms with van der Waals surface area (Å²) in [4.78, 5) is 6.92. The van der Waals surface area contributed by atoms with Gasteiger partial charge in [-0.2, -0.15) is 4.37 Å². The fourth-order valence-electron chi connectivity index (χ4n) is 1.91. The summed E-state index contributed by atoms with van der Waals surface area (Å²) < 4.78 is 4.44. The van der Waals surface area contributed by atoms with Gasteiger partial charge in [-0.15, -0.1) is 0 Å². The molecule has 3 N–H and O–H groups in total. The molecule has 92 valence electrons. The van der Waals surface area contributed by atoms with Gasteiger partial charge in [-0.05, 0) is 25.7 Å². The fourth-order valence-corrected chi connectivity index (χ4v) is 2.76. The second kappa shape index (κ2) is 4.25. The van der Waals surface area contributed by atoms with Gasteiger partial charge in [0.05, 0.1) is 5.84 Å². The van der Waals surface area contributed by atoms with Crippen molar-refractivity contribution in [3.8, 4) is 0 Å². The average molecular weight is 251 g/mol. The molecule has 0 atom stereocenters. The van der Waals surface area contributed by atoms with Crippen molar-refractivity contribution in [1.82, 2.24) is 9.36 Å². The van der Waals surface area contributed by atoms with Gasteiger partial charge in [-0.25, -0.2) is 4.98 Å². The highest BCUT2D eigenvalue weighted by molar-refractivity contribution is 7.09. The Hall–Kier alpha value is -1.17. The van der Waals surface area contributed by atoms with Crippen LogP contribution in [0.3, 0.4) is 0 Å². The zero-order valence-corrected chi connectivity index (χ0v) is 10.5. The first-order chi connectivity index (χ1) is 8.24. The molecule has 2 saturated carbocycles. The Labute approximate surface area is 105 Å². The minimum absolute atomic E-state index is 0.252. The smallest absolute Gasteiger partial charge is 0.205 e. The quantitative estimate of drug-likeness (QED) is 0.596. The van der Waals surface area contributed by atoms with E-state index in [1.54, 1.807) is 0 Å². The third-order valence-electron chi connectivity index (χ3n) is 3.23. The van der Waals surface area contributed by atoms with Crippen LogP contribution in [0.5, 0.6) is 0 Å². The molecule has 2 aliphatic carbocycles. The molecule has 6 heteroatoms. The summed E-state index contributed by atoms with van der Waals surface area (Å²) in [6, 6.07) is 0.606. The molecule has 0 spiro atoms. The van der Waals surface area contributed by atoms with E-state index in [0.29, 0.717) is 18.4 Å². The molecule has 0 aliphatic heterocycles. The number of anilines is 1. The first-order valence-corrected chi connectivity index (χ1v) is 6.94. The number of aromatic nitrogens is 2. The molecule has 3 rings (SSSR count). The van der Waals surface area contributed by atoms with Gasteiger partial charge < -0.3 is 10.6 Å². The second-order valence-electron chi connectivity index (χ2n) is 4.91. The molecule has 5 nitrogen and oxygen atoms in total. The number of nitrogens with zero attached hydrogens (tertiary/aromatic N) is 3. The van der Waals surface area contributed by atoms with Crippen molar-refractivity contribution >= 4 is 22.5 Å². The number of nitrogens with two attached hydrogens (primary N) is 1. The number of hydrogen-bond acceptors (Lipinski definition) is 5. The fraction of sp³-hybridized carbons (Fsp3) is 0.727. The first-order valence-electron chi connectivity index (χ1n) is 6.17. The minimum atomic E-state index is 0.252. The van der Waals surface area contributed by atoms with Crippen molar-refractivity contribution in [2.24, 2.45) is 5.73 Å². The maximum atomic E-state index is 7.31. The van der Waals surface area contributed by atoms with E-state index < -0.39 is 0 Å². The van der Waals surface area contributed by atoms with Crippen LogP contribution >= 0.6 is 11.5 Å². The number of nitrogens with one attached hydrogen (secondary N) is 1. The molecule has 0 saturated heterocycles. The van der Waals surface area contributed by atoms with Gasteiger partial charge in [0.2, 0.25) is 5.13 Å². The molecule has 2 aliphatic rings. The topological polar surface area (TPSA) is 78.9 Å². The third-order valence-corrected chi connectivity index (χ3v) is 4.00. The molecular formula is C11H17N5S. The highest BCUT2D eigenvalue weighted by Crippen LogP contribution is 2.41. The molecule has 1 heterocycles. The van der Waals surface area contributed by atoms with Crippen LogP contribution in [0.4, 0.5) is 5.13 Å². The predicted molar refractivity (Wildman–Crippen MR) is 68.8 cm³/mol. The van der Waals surface area contributed by atoms with Crippen molar-refractivity contribution in [3.05, 3.63) is 5.82 Å².